The lowest BCUT2D eigenvalue weighted by atomic mass is 10.2. The van der Waals surface area contributed by atoms with Crippen LogP contribution in [0.3, 0.4) is 0 Å². The van der Waals surface area contributed by atoms with Crippen molar-refractivity contribution in [2.24, 2.45) is 0 Å². The van der Waals surface area contributed by atoms with Gasteiger partial charge in [0, 0.05) is 5.02 Å². The van der Waals surface area contributed by atoms with Crippen LogP contribution < -0.4 is 0 Å². The van der Waals surface area contributed by atoms with Crippen LogP contribution in [0.5, 0.6) is 0 Å². The van der Waals surface area contributed by atoms with Gasteiger partial charge in [-0.1, -0.05) is 42.3 Å². The average molecular weight is 353 g/mol. The fourth-order valence-corrected chi connectivity index (χ4v) is 2.38. The van der Waals surface area contributed by atoms with Crippen LogP contribution in [-0.2, 0) is 6.54 Å². The van der Waals surface area contributed by atoms with Gasteiger partial charge in [0.1, 0.15) is 6.10 Å². The number of nitrogens with one attached hydrogen (secondary N) is 1. The molecule has 1 atom stereocenters. The summed E-state index contributed by atoms with van der Waals surface area (Å²) in [5.74, 6) is 0.775. The number of rotatable bonds is 5. The number of H-pyrrole nitrogens is 1. The highest BCUT2D eigenvalue weighted by atomic mass is 35.5. The first-order valence-corrected chi connectivity index (χ1v) is 7.78. The highest BCUT2D eigenvalue weighted by Gasteiger charge is 2.21. The Hall–Kier alpha value is -1.96. The molecule has 0 aliphatic heterocycles. The molecule has 1 aromatic carbocycles. The topological polar surface area (TPSA) is 92.5 Å². The van der Waals surface area contributed by atoms with Crippen molar-refractivity contribution >= 4 is 23.2 Å². The molecule has 120 valence electrons. The van der Waals surface area contributed by atoms with Gasteiger partial charge in [-0.05, 0) is 24.1 Å². The molecule has 0 saturated heterocycles. The molecule has 2 aromatic heterocycles. The monoisotopic (exact) mass is 352 g/mol. The Morgan fingerprint density at radius 1 is 1.22 bits per heavy atom. The third-order valence-electron chi connectivity index (χ3n) is 3.34. The Labute approximate surface area is 142 Å². The van der Waals surface area contributed by atoms with Crippen molar-refractivity contribution in [1.82, 2.24) is 30.2 Å². The normalized spacial score (nSPS) is 12.5. The molecule has 0 bridgehead atoms. The van der Waals surface area contributed by atoms with Crippen LogP contribution in [-0.4, -0.2) is 35.3 Å². The van der Waals surface area contributed by atoms with Gasteiger partial charge >= 0.3 is 0 Å². The maximum atomic E-state index is 10.0. The van der Waals surface area contributed by atoms with Crippen LogP contribution in [0.15, 0.2) is 24.3 Å². The van der Waals surface area contributed by atoms with Crippen molar-refractivity contribution in [3.63, 3.8) is 0 Å². The van der Waals surface area contributed by atoms with E-state index in [2.05, 4.69) is 25.5 Å². The number of aromatic nitrogens is 6. The molecule has 23 heavy (non-hydrogen) atoms. The molecule has 0 aliphatic carbocycles. The van der Waals surface area contributed by atoms with Crippen LogP contribution >= 0.6 is 23.2 Å². The first-order chi connectivity index (χ1) is 11.1. The van der Waals surface area contributed by atoms with Crippen molar-refractivity contribution in [2.45, 2.75) is 26.0 Å². The van der Waals surface area contributed by atoms with E-state index in [9.17, 15) is 5.11 Å². The standard InChI is InChI=1S/C14H14Cl2N6O/c1-2-10(23)13-17-14(11-12(16)19-21-18-11)22(20-13)7-8-3-5-9(15)6-4-8/h3-6,10,23H,2,7H2,1H3,(H,18,19,21). The summed E-state index contributed by atoms with van der Waals surface area (Å²) in [6, 6.07) is 7.40. The van der Waals surface area contributed by atoms with Crippen molar-refractivity contribution in [1.29, 1.82) is 0 Å². The predicted octanol–water partition coefficient (Wildman–Crippen LogP) is 2.86. The van der Waals surface area contributed by atoms with Crippen molar-refractivity contribution in [3.05, 3.63) is 45.8 Å². The Bertz CT molecular complexity index is 798. The smallest absolute Gasteiger partial charge is 0.182 e. The molecule has 0 fully saturated rings. The lowest BCUT2D eigenvalue weighted by molar-refractivity contribution is 0.163. The second-order valence-electron chi connectivity index (χ2n) is 4.96. The van der Waals surface area contributed by atoms with Crippen LogP contribution in [0, 0.1) is 0 Å². The molecule has 0 saturated carbocycles. The summed E-state index contributed by atoms with van der Waals surface area (Å²) >= 11 is 11.9. The zero-order valence-electron chi connectivity index (χ0n) is 12.2. The van der Waals surface area contributed by atoms with E-state index < -0.39 is 6.10 Å². The van der Waals surface area contributed by atoms with Gasteiger partial charge in [0.2, 0.25) is 0 Å². The van der Waals surface area contributed by atoms with Crippen molar-refractivity contribution in [3.8, 4) is 11.5 Å². The molecule has 2 heterocycles. The summed E-state index contributed by atoms with van der Waals surface area (Å²) in [5, 5.41) is 25.5. The first kappa shape index (κ1) is 15.9. The quantitative estimate of drug-likeness (QED) is 0.736. The van der Waals surface area contributed by atoms with Gasteiger partial charge in [-0.15, -0.1) is 5.10 Å². The van der Waals surface area contributed by atoms with E-state index in [0.29, 0.717) is 35.3 Å². The third-order valence-corrected chi connectivity index (χ3v) is 3.85. The molecule has 3 rings (SSSR count). The molecule has 9 heteroatoms. The lowest BCUT2D eigenvalue weighted by Gasteiger charge is -2.05. The molecule has 0 aliphatic rings. The van der Waals surface area contributed by atoms with Crippen LogP contribution in [0.2, 0.25) is 10.2 Å². The predicted molar refractivity (Wildman–Crippen MR) is 86.2 cm³/mol. The van der Waals surface area contributed by atoms with E-state index in [-0.39, 0.29) is 5.15 Å². The summed E-state index contributed by atoms with van der Waals surface area (Å²) in [7, 11) is 0. The summed E-state index contributed by atoms with van der Waals surface area (Å²) in [6.45, 7) is 2.30. The summed E-state index contributed by atoms with van der Waals surface area (Å²) in [5.41, 5.74) is 1.38. The van der Waals surface area contributed by atoms with E-state index in [4.69, 9.17) is 23.2 Å². The summed E-state index contributed by atoms with van der Waals surface area (Å²) < 4.78 is 1.64. The van der Waals surface area contributed by atoms with E-state index >= 15 is 0 Å². The summed E-state index contributed by atoms with van der Waals surface area (Å²) in [4.78, 5) is 4.37. The Morgan fingerprint density at radius 2 is 1.96 bits per heavy atom. The number of hydrogen-bond donors (Lipinski definition) is 2. The van der Waals surface area contributed by atoms with E-state index in [1.54, 1.807) is 16.8 Å². The van der Waals surface area contributed by atoms with E-state index in [0.717, 1.165) is 5.56 Å². The molecule has 3 aromatic rings. The number of benzene rings is 1. The molecular weight excluding hydrogens is 339 g/mol. The highest BCUT2D eigenvalue weighted by Crippen LogP contribution is 2.24. The average Bonchev–Trinajstić information content (AvgIpc) is 3.15. The van der Waals surface area contributed by atoms with Gasteiger partial charge in [0.05, 0.1) is 6.54 Å². The van der Waals surface area contributed by atoms with Crippen molar-refractivity contribution in [2.75, 3.05) is 0 Å². The molecule has 7 nitrogen and oxygen atoms in total. The fraction of sp³-hybridized carbons (Fsp3) is 0.286. The van der Waals surface area contributed by atoms with Gasteiger partial charge in [-0.2, -0.15) is 15.4 Å². The zero-order valence-corrected chi connectivity index (χ0v) is 13.8. The SMILES string of the molecule is CCC(O)c1nc(-c2n[nH]nc2Cl)n(Cc2ccc(Cl)cc2)n1. The third kappa shape index (κ3) is 3.36. The number of aromatic amines is 1. The number of nitrogens with zero attached hydrogens (tertiary/aromatic N) is 5. The van der Waals surface area contributed by atoms with Crippen LogP contribution in [0.4, 0.5) is 0 Å². The first-order valence-electron chi connectivity index (χ1n) is 7.02. The van der Waals surface area contributed by atoms with Gasteiger partial charge < -0.3 is 5.11 Å². The Morgan fingerprint density at radius 3 is 2.57 bits per heavy atom. The van der Waals surface area contributed by atoms with Gasteiger partial charge in [0.25, 0.3) is 0 Å². The van der Waals surface area contributed by atoms with Gasteiger partial charge in [-0.3, -0.25) is 0 Å². The highest BCUT2D eigenvalue weighted by molar-refractivity contribution is 6.31. The molecule has 0 radical (unpaired) electrons. The number of halogens is 2. The molecular formula is C14H14Cl2N6O. The minimum atomic E-state index is -0.745. The zero-order chi connectivity index (χ0) is 16.4. The van der Waals surface area contributed by atoms with E-state index in [1.165, 1.54) is 0 Å². The van der Waals surface area contributed by atoms with E-state index in [1.807, 2.05) is 19.1 Å². The second kappa shape index (κ2) is 6.66. The van der Waals surface area contributed by atoms with Gasteiger partial charge in [-0.25, -0.2) is 9.67 Å². The number of aliphatic hydroxyl groups excluding tert-OH is 1. The fourth-order valence-electron chi connectivity index (χ4n) is 2.09. The van der Waals surface area contributed by atoms with Crippen LogP contribution in [0.1, 0.15) is 30.8 Å². The van der Waals surface area contributed by atoms with Crippen molar-refractivity contribution < 1.29 is 5.11 Å². The largest absolute Gasteiger partial charge is 0.385 e. The molecule has 1 unspecified atom stereocenters. The van der Waals surface area contributed by atoms with Crippen LogP contribution in [0.25, 0.3) is 11.5 Å². The Balaban J connectivity index is 2.01. The maximum Gasteiger partial charge on any atom is 0.182 e. The van der Waals surface area contributed by atoms with Gasteiger partial charge in [0.15, 0.2) is 22.5 Å². The second-order valence-corrected chi connectivity index (χ2v) is 5.76. The minimum absolute atomic E-state index is 0.201. The lowest BCUT2D eigenvalue weighted by Crippen LogP contribution is -2.05. The molecule has 0 spiro atoms. The molecule has 0 amide bonds. The number of aliphatic hydroxyl groups is 1. The molecule has 2 N–H and O–H groups in total. The minimum Gasteiger partial charge on any atom is -0.385 e. The maximum absolute atomic E-state index is 10.0. The number of hydrogen-bond acceptors (Lipinski definition) is 5. The Kier molecular flexibility index (Phi) is 4.61. The summed E-state index contributed by atoms with van der Waals surface area (Å²) in [6.07, 6.45) is -0.234.